The minimum atomic E-state index is -0.662. The molecule has 2 amide bonds. The Hall–Kier alpha value is -2.85. The Morgan fingerprint density at radius 1 is 1.04 bits per heavy atom. The number of amides is 2. The Morgan fingerprint density at radius 3 is 2.50 bits per heavy atom. The first-order chi connectivity index (χ1) is 13.4. The lowest BCUT2D eigenvalue weighted by atomic mass is 9.97. The van der Waals surface area contributed by atoms with E-state index in [-0.39, 0.29) is 18.0 Å². The van der Waals surface area contributed by atoms with Crippen molar-refractivity contribution in [2.75, 3.05) is 20.1 Å². The lowest BCUT2D eigenvalue weighted by Crippen LogP contribution is -2.44. The van der Waals surface area contributed by atoms with Crippen molar-refractivity contribution in [3.05, 3.63) is 34.2 Å². The third kappa shape index (κ3) is 3.36. The predicted octanol–water partition coefficient (Wildman–Crippen LogP) is 1.01. The van der Waals surface area contributed by atoms with E-state index >= 15 is 0 Å². The summed E-state index contributed by atoms with van der Waals surface area (Å²) in [6.45, 7) is 2.14. The second-order valence-corrected chi connectivity index (χ2v) is 7.73. The molecule has 2 saturated heterocycles. The number of aryl methyl sites for hydroxylation is 1. The van der Waals surface area contributed by atoms with Gasteiger partial charge in [-0.25, -0.2) is 4.79 Å². The lowest BCUT2D eigenvalue weighted by molar-refractivity contribution is -0.135. The van der Waals surface area contributed by atoms with Crippen LogP contribution < -0.4 is 11.0 Å². The molecule has 2 aliphatic rings. The summed E-state index contributed by atoms with van der Waals surface area (Å²) < 4.78 is 3.03. The van der Waals surface area contributed by atoms with E-state index in [4.69, 9.17) is 0 Å². The van der Waals surface area contributed by atoms with Gasteiger partial charge in [-0.15, -0.1) is 0 Å². The number of imidazole rings is 1. The third-order valence-electron chi connectivity index (χ3n) is 5.75. The van der Waals surface area contributed by atoms with Gasteiger partial charge in [0.25, 0.3) is 0 Å². The summed E-state index contributed by atoms with van der Waals surface area (Å²) in [5.41, 5.74) is 2.03. The molecule has 1 unspecified atom stereocenters. The van der Waals surface area contributed by atoms with Crippen LogP contribution in [0.2, 0.25) is 0 Å². The minimum Gasteiger partial charge on any atom is -0.306 e. The van der Waals surface area contributed by atoms with Crippen LogP contribution in [-0.4, -0.2) is 46.0 Å². The molecule has 7 heteroatoms. The number of nitrogens with zero attached hydrogens (tertiary/aromatic N) is 3. The van der Waals surface area contributed by atoms with Crippen molar-refractivity contribution < 1.29 is 9.59 Å². The molecule has 3 heterocycles. The van der Waals surface area contributed by atoms with Gasteiger partial charge in [-0.05, 0) is 57.6 Å². The number of carbonyl (C=O) groups is 2. The zero-order valence-corrected chi connectivity index (χ0v) is 16.2. The van der Waals surface area contributed by atoms with Crippen molar-refractivity contribution in [3.8, 4) is 11.8 Å². The van der Waals surface area contributed by atoms with E-state index in [1.54, 1.807) is 11.6 Å². The Balaban J connectivity index is 1.66. The van der Waals surface area contributed by atoms with Gasteiger partial charge in [0.1, 0.15) is 6.04 Å². The van der Waals surface area contributed by atoms with Crippen LogP contribution in [0.3, 0.4) is 0 Å². The van der Waals surface area contributed by atoms with E-state index < -0.39 is 11.9 Å². The van der Waals surface area contributed by atoms with Gasteiger partial charge in [0.15, 0.2) is 0 Å². The first-order valence-corrected chi connectivity index (χ1v) is 9.69. The molecule has 2 aromatic rings. The zero-order chi connectivity index (χ0) is 19.8. The summed E-state index contributed by atoms with van der Waals surface area (Å²) >= 11 is 0. The number of rotatable bonds is 1. The second kappa shape index (κ2) is 7.28. The molecule has 0 radical (unpaired) electrons. The molecule has 1 atom stereocenters. The van der Waals surface area contributed by atoms with Crippen molar-refractivity contribution in [2.45, 2.75) is 31.7 Å². The maximum atomic E-state index is 12.8. The number of fused-ring (bicyclic) bond motifs is 1. The standard InChI is InChI=1S/C21H24N4O3/c1-23-11-9-14(10-12-23)3-4-15-5-6-16-18(13-15)24(2)21(28)25(16)17-7-8-19(26)22-20(17)27/h5-6,13-14,17H,7-12H2,1-2H3,(H,22,26,27). The highest BCUT2D eigenvalue weighted by molar-refractivity contribution is 6.00. The van der Waals surface area contributed by atoms with E-state index in [1.165, 1.54) is 4.57 Å². The van der Waals surface area contributed by atoms with Gasteiger partial charge in [-0.3, -0.25) is 24.0 Å². The molecule has 2 fully saturated rings. The third-order valence-corrected chi connectivity index (χ3v) is 5.75. The zero-order valence-electron chi connectivity index (χ0n) is 16.2. The fraction of sp³-hybridized carbons (Fsp3) is 0.476. The van der Waals surface area contributed by atoms with E-state index in [0.717, 1.165) is 37.0 Å². The topological polar surface area (TPSA) is 76.3 Å². The normalized spacial score (nSPS) is 21.4. The van der Waals surface area contributed by atoms with E-state index in [9.17, 15) is 14.4 Å². The van der Waals surface area contributed by atoms with Crippen LogP contribution in [0.4, 0.5) is 0 Å². The van der Waals surface area contributed by atoms with E-state index in [1.807, 2.05) is 18.2 Å². The fourth-order valence-corrected chi connectivity index (χ4v) is 4.01. The van der Waals surface area contributed by atoms with Gasteiger partial charge < -0.3 is 4.90 Å². The summed E-state index contributed by atoms with van der Waals surface area (Å²) in [7, 11) is 3.83. The number of hydrogen-bond donors (Lipinski definition) is 1. The minimum absolute atomic E-state index is 0.235. The van der Waals surface area contributed by atoms with E-state index in [0.29, 0.717) is 17.9 Å². The number of hydrogen-bond acceptors (Lipinski definition) is 4. The molecule has 0 bridgehead atoms. The monoisotopic (exact) mass is 380 g/mol. The largest absolute Gasteiger partial charge is 0.329 e. The SMILES string of the molecule is CN1CCC(C#Cc2ccc3c(c2)n(C)c(=O)n3C2CCC(=O)NC2=O)CC1. The van der Waals surface area contributed by atoms with Crippen molar-refractivity contribution in [1.82, 2.24) is 19.4 Å². The number of aromatic nitrogens is 2. The van der Waals surface area contributed by atoms with Crippen molar-refractivity contribution >= 4 is 22.8 Å². The van der Waals surface area contributed by atoms with Crippen LogP contribution in [0, 0.1) is 17.8 Å². The molecule has 0 saturated carbocycles. The highest BCUT2D eigenvalue weighted by Gasteiger charge is 2.31. The summed E-state index contributed by atoms with van der Waals surface area (Å²) in [5.74, 6) is 6.32. The first-order valence-electron chi connectivity index (χ1n) is 9.69. The molecule has 7 nitrogen and oxygen atoms in total. The van der Waals surface area contributed by atoms with Gasteiger partial charge in [0, 0.05) is 24.9 Å². The van der Waals surface area contributed by atoms with Gasteiger partial charge in [-0.1, -0.05) is 11.8 Å². The smallest absolute Gasteiger partial charge is 0.306 e. The predicted molar refractivity (Wildman–Crippen MR) is 106 cm³/mol. The summed E-state index contributed by atoms with van der Waals surface area (Å²) in [6.07, 6.45) is 2.73. The Kier molecular flexibility index (Phi) is 4.82. The van der Waals surface area contributed by atoms with E-state index in [2.05, 4.69) is 29.1 Å². The number of benzene rings is 1. The lowest BCUT2D eigenvalue weighted by Gasteiger charge is -2.25. The number of carbonyl (C=O) groups excluding carboxylic acids is 2. The van der Waals surface area contributed by atoms with Crippen molar-refractivity contribution in [1.29, 1.82) is 0 Å². The molecular formula is C21H24N4O3. The molecule has 1 N–H and O–H groups in total. The number of imide groups is 1. The number of nitrogens with one attached hydrogen (secondary N) is 1. The molecule has 1 aromatic carbocycles. The molecular weight excluding hydrogens is 356 g/mol. The van der Waals surface area contributed by atoms with Crippen LogP contribution >= 0.6 is 0 Å². The van der Waals surface area contributed by atoms with Crippen LogP contribution in [0.15, 0.2) is 23.0 Å². The average Bonchev–Trinajstić information content (AvgIpc) is 2.92. The highest BCUT2D eigenvalue weighted by atomic mass is 16.2. The molecule has 28 heavy (non-hydrogen) atoms. The summed E-state index contributed by atoms with van der Waals surface area (Å²) in [4.78, 5) is 38.8. The maximum Gasteiger partial charge on any atom is 0.329 e. The van der Waals surface area contributed by atoms with Crippen molar-refractivity contribution in [2.24, 2.45) is 13.0 Å². The van der Waals surface area contributed by atoms with Gasteiger partial charge in [0.05, 0.1) is 11.0 Å². The average molecular weight is 380 g/mol. The summed E-state index contributed by atoms with van der Waals surface area (Å²) in [6, 6.07) is 4.98. The van der Waals surface area contributed by atoms with Gasteiger partial charge >= 0.3 is 5.69 Å². The number of likely N-dealkylation sites (tertiary alicyclic amines) is 1. The molecule has 4 rings (SSSR count). The molecule has 0 spiro atoms. The van der Waals surface area contributed by atoms with Crippen LogP contribution in [0.5, 0.6) is 0 Å². The van der Waals surface area contributed by atoms with Gasteiger partial charge in [-0.2, -0.15) is 0 Å². The highest BCUT2D eigenvalue weighted by Crippen LogP contribution is 2.23. The quantitative estimate of drug-likeness (QED) is 0.592. The molecule has 2 aliphatic heterocycles. The maximum absolute atomic E-state index is 12.8. The first kappa shape index (κ1) is 18.5. The fourth-order valence-electron chi connectivity index (χ4n) is 4.01. The number of piperidine rings is 2. The molecule has 0 aliphatic carbocycles. The Morgan fingerprint density at radius 2 is 1.79 bits per heavy atom. The second-order valence-electron chi connectivity index (χ2n) is 7.73. The summed E-state index contributed by atoms with van der Waals surface area (Å²) in [5, 5.41) is 2.33. The van der Waals surface area contributed by atoms with Gasteiger partial charge in [0.2, 0.25) is 11.8 Å². The van der Waals surface area contributed by atoms with Crippen molar-refractivity contribution in [3.63, 3.8) is 0 Å². The van der Waals surface area contributed by atoms with Crippen LogP contribution in [0.25, 0.3) is 11.0 Å². The Labute approximate surface area is 163 Å². The molecule has 1 aromatic heterocycles. The van der Waals surface area contributed by atoms with Crippen LogP contribution in [-0.2, 0) is 16.6 Å². The van der Waals surface area contributed by atoms with Crippen LogP contribution in [0.1, 0.15) is 37.3 Å². The Bertz CT molecular complexity index is 1060. The molecule has 146 valence electrons.